The Labute approximate surface area is 69.1 Å². The van der Waals surface area contributed by atoms with Crippen molar-refractivity contribution in [1.82, 2.24) is 0 Å². The van der Waals surface area contributed by atoms with Crippen molar-refractivity contribution in [2.75, 3.05) is 0 Å². The van der Waals surface area contributed by atoms with Crippen LogP contribution in [0, 0.1) is 12.3 Å². The fourth-order valence-corrected chi connectivity index (χ4v) is 0.713. The molecule has 0 aromatic carbocycles. The van der Waals surface area contributed by atoms with Gasteiger partial charge in [-0.15, -0.1) is 6.42 Å². The molecular weight excluding hydrogens is 160 g/mol. The molecule has 0 aliphatic carbocycles. The molecular formula is C8H6O4. The molecule has 0 amide bonds. The van der Waals surface area contributed by atoms with E-state index in [9.17, 15) is 9.59 Å². The number of ether oxygens (including phenoxy) is 2. The van der Waals surface area contributed by atoms with Gasteiger partial charge in [0.2, 0.25) is 6.10 Å². The van der Waals surface area contributed by atoms with Gasteiger partial charge >= 0.3 is 11.9 Å². The third-order valence-electron chi connectivity index (χ3n) is 1.29. The Morgan fingerprint density at radius 3 is 2.58 bits per heavy atom. The molecule has 1 aliphatic heterocycles. The van der Waals surface area contributed by atoms with Crippen molar-refractivity contribution in [2.45, 2.75) is 12.2 Å². The summed E-state index contributed by atoms with van der Waals surface area (Å²) in [5.74, 6) is 0.555. The van der Waals surface area contributed by atoms with Crippen LogP contribution in [-0.2, 0) is 19.1 Å². The van der Waals surface area contributed by atoms with E-state index in [-0.39, 0.29) is 0 Å². The van der Waals surface area contributed by atoms with Crippen LogP contribution in [0.25, 0.3) is 0 Å². The van der Waals surface area contributed by atoms with Gasteiger partial charge in [-0.1, -0.05) is 12.5 Å². The van der Waals surface area contributed by atoms with Crippen molar-refractivity contribution in [3.8, 4) is 12.3 Å². The van der Waals surface area contributed by atoms with E-state index in [0.29, 0.717) is 0 Å². The predicted molar refractivity (Wildman–Crippen MR) is 38.8 cm³/mol. The molecule has 0 spiro atoms. The van der Waals surface area contributed by atoms with Gasteiger partial charge < -0.3 is 9.47 Å². The fraction of sp³-hybridized carbons (Fsp3) is 0.250. The number of carbonyl (C=O) groups excluding carboxylic acids is 2. The number of terminal acetylenes is 1. The number of hydrogen-bond donors (Lipinski definition) is 0. The first-order chi connectivity index (χ1) is 5.69. The van der Waals surface area contributed by atoms with Crippen LogP contribution in [0.1, 0.15) is 0 Å². The van der Waals surface area contributed by atoms with Gasteiger partial charge in [-0.2, -0.15) is 0 Å². The highest BCUT2D eigenvalue weighted by atomic mass is 16.6. The molecule has 0 aromatic heterocycles. The maximum Gasteiger partial charge on any atom is 0.361 e. The van der Waals surface area contributed by atoms with Crippen molar-refractivity contribution >= 4 is 11.9 Å². The highest BCUT2D eigenvalue weighted by molar-refractivity contribution is 5.90. The van der Waals surface area contributed by atoms with Crippen LogP contribution in [0.4, 0.5) is 0 Å². The molecule has 0 radical (unpaired) electrons. The SMILES string of the molecule is C#CC1OC(=O)C(C=C)OC1=O. The van der Waals surface area contributed by atoms with Crippen LogP contribution in [0.2, 0.25) is 0 Å². The lowest BCUT2D eigenvalue weighted by atomic mass is 10.3. The molecule has 0 N–H and O–H groups in total. The molecule has 1 fully saturated rings. The van der Waals surface area contributed by atoms with Gasteiger partial charge in [0.25, 0.3) is 6.10 Å². The smallest absolute Gasteiger partial charge is 0.361 e. The molecule has 62 valence electrons. The Balaban J connectivity index is 2.76. The minimum Gasteiger partial charge on any atom is -0.443 e. The van der Waals surface area contributed by atoms with E-state index < -0.39 is 24.1 Å². The molecule has 1 rings (SSSR count). The van der Waals surface area contributed by atoms with Gasteiger partial charge in [-0.05, 0) is 6.08 Å². The summed E-state index contributed by atoms with van der Waals surface area (Å²) < 4.78 is 9.11. The summed E-state index contributed by atoms with van der Waals surface area (Å²) in [6.07, 6.45) is 3.82. The van der Waals surface area contributed by atoms with E-state index in [1.165, 1.54) is 6.08 Å². The van der Waals surface area contributed by atoms with Crippen molar-refractivity contribution < 1.29 is 19.1 Å². The molecule has 2 atom stereocenters. The van der Waals surface area contributed by atoms with Crippen LogP contribution in [0.15, 0.2) is 12.7 Å². The molecule has 4 heteroatoms. The van der Waals surface area contributed by atoms with E-state index in [4.69, 9.17) is 6.42 Å². The van der Waals surface area contributed by atoms with Crippen LogP contribution in [0.3, 0.4) is 0 Å². The number of rotatable bonds is 1. The predicted octanol–water partition coefficient (Wildman–Crippen LogP) is -0.357. The number of carbonyl (C=O) groups is 2. The normalized spacial score (nSPS) is 28.2. The zero-order valence-electron chi connectivity index (χ0n) is 6.15. The van der Waals surface area contributed by atoms with E-state index in [1.54, 1.807) is 0 Å². The number of hydrogen-bond acceptors (Lipinski definition) is 4. The molecule has 1 heterocycles. The van der Waals surface area contributed by atoms with Crippen LogP contribution in [-0.4, -0.2) is 24.1 Å². The summed E-state index contributed by atoms with van der Waals surface area (Å²) >= 11 is 0. The monoisotopic (exact) mass is 166 g/mol. The first-order valence-electron chi connectivity index (χ1n) is 3.18. The van der Waals surface area contributed by atoms with Crippen LogP contribution < -0.4 is 0 Å². The van der Waals surface area contributed by atoms with Gasteiger partial charge in [0, 0.05) is 0 Å². The largest absolute Gasteiger partial charge is 0.443 e. The van der Waals surface area contributed by atoms with Crippen molar-refractivity contribution in [2.24, 2.45) is 0 Å². The molecule has 0 saturated carbocycles. The first-order valence-corrected chi connectivity index (χ1v) is 3.18. The summed E-state index contributed by atoms with van der Waals surface area (Å²) in [5, 5.41) is 0. The molecule has 1 saturated heterocycles. The maximum atomic E-state index is 10.9. The second kappa shape index (κ2) is 3.09. The second-order valence-corrected chi connectivity index (χ2v) is 2.08. The summed E-state index contributed by atoms with van der Waals surface area (Å²) in [7, 11) is 0. The number of esters is 2. The average Bonchev–Trinajstić information content (AvgIpc) is 2.08. The lowest BCUT2D eigenvalue weighted by Crippen LogP contribution is -2.42. The highest BCUT2D eigenvalue weighted by Gasteiger charge is 2.35. The summed E-state index contributed by atoms with van der Waals surface area (Å²) in [6.45, 7) is 3.29. The van der Waals surface area contributed by atoms with E-state index in [2.05, 4.69) is 16.1 Å². The van der Waals surface area contributed by atoms with Gasteiger partial charge in [-0.3, -0.25) is 0 Å². The minimum absolute atomic E-state index is 0.687. The molecule has 0 bridgehead atoms. The Morgan fingerprint density at radius 1 is 1.42 bits per heavy atom. The maximum absolute atomic E-state index is 10.9. The zero-order valence-corrected chi connectivity index (χ0v) is 6.15. The van der Waals surface area contributed by atoms with E-state index in [0.717, 1.165) is 0 Å². The highest BCUT2D eigenvalue weighted by Crippen LogP contribution is 2.10. The Kier molecular flexibility index (Phi) is 2.15. The molecule has 1 aliphatic rings. The molecule has 0 aromatic rings. The summed E-state index contributed by atoms with van der Waals surface area (Å²) in [5.41, 5.74) is 0. The standard InChI is InChI=1S/C8H6O4/c1-3-5-7(9)12-6(4-2)8(10)11-5/h1,4-6H,2H2. The fourth-order valence-electron chi connectivity index (χ4n) is 0.713. The van der Waals surface area contributed by atoms with Crippen molar-refractivity contribution in [1.29, 1.82) is 0 Å². The third-order valence-corrected chi connectivity index (χ3v) is 1.29. The lowest BCUT2D eigenvalue weighted by molar-refractivity contribution is -0.186. The summed E-state index contributed by atoms with van der Waals surface area (Å²) in [4.78, 5) is 21.7. The van der Waals surface area contributed by atoms with E-state index in [1.807, 2.05) is 5.92 Å². The lowest BCUT2D eigenvalue weighted by Gasteiger charge is -2.22. The first kappa shape index (κ1) is 8.34. The van der Waals surface area contributed by atoms with Crippen LogP contribution >= 0.6 is 0 Å². The summed E-state index contributed by atoms with van der Waals surface area (Å²) in [6, 6.07) is 0. The number of cyclic esters (lactones) is 2. The minimum atomic E-state index is -1.21. The van der Waals surface area contributed by atoms with Crippen molar-refractivity contribution in [3.05, 3.63) is 12.7 Å². The Morgan fingerprint density at radius 2 is 2.08 bits per heavy atom. The van der Waals surface area contributed by atoms with Gasteiger partial charge in [0.15, 0.2) is 0 Å². The molecule has 2 unspecified atom stereocenters. The topological polar surface area (TPSA) is 52.6 Å². The average molecular weight is 166 g/mol. The zero-order chi connectivity index (χ0) is 9.14. The van der Waals surface area contributed by atoms with Crippen molar-refractivity contribution in [3.63, 3.8) is 0 Å². The van der Waals surface area contributed by atoms with Gasteiger partial charge in [0.1, 0.15) is 0 Å². The Hall–Kier alpha value is -1.76. The van der Waals surface area contributed by atoms with Gasteiger partial charge in [-0.25, -0.2) is 9.59 Å². The van der Waals surface area contributed by atoms with E-state index >= 15 is 0 Å². The molecule has 4 nitrogen and oxygen atoms in total. The quantitative estimate of drug-likeness (QED) is 0.303. The van der Waals surface area contributed by atoms with Gasteiger partial charge in [0.05, 0.1) is 0 Å². The molecule has 12 heavy (non-hydrogen) atoms. The third kappa shape index (κ3) is 1.30. The van der Waals surface area contributed by atoms with Crippen LogP contribution in [0.5, 0.6) is 0 Å². The second-order valence-electron chi connectivity index (χ2n) is 2.08. The Bertz CT molecular complexity index is 273.